The number of nitrogens with zero attached hydrogens (tertiary/aromatic N) is 1. The van der Waals surface area contributed by atoms with E-state index in [4.69, 9.17) is 21.7 Å². The van der Waals surface area contributed by atoms with Gasteiger partial charge in [-0.25, -0.2) is 4.79 Å². The zero-order chi connectivity index (χ0) is 28.5. The Morgan fingerprint density at radius 3 is 2.20 bits per heavy atom. The minimum Gasteiger partial charge on any atom is -0.497 e. The summed E-state index contributed by atoms with van der Waals surface area (Å²) in [7, 11) is 1.54. The Kier molecular flexibility index (Phi) is 6.74. The Hall–Kier alpha value is -5.34. The van der Waals surface area contributed by atoms with E-state index in [1.807, 2.05) is 60.7 Å². The molecule has 6 rings (SSSR count). The molecule has 0 atom stereocenters. The van der Waals surface area contributed by atoms with Gasteiger partial charge in [0, 0.05) is 5.56 Å². The van der Waals surface area contributed by atoms with Crippen LogP contribution in [0, 0.1) is 0 Å². The highest BCUT2D eigenvalue weighted by molar-refractivity contribution is 7.80. The van der Waals surface area contributed by atoms with E-state index < -0.39 is 17.8 Å². The van der Waals surface area contributed by atoms with Crippen molar-refractivity contribution < 1.29 is 23.9 Å². The normalized spacial score (nSPS) is 14.4. The lowest BCUT2D eigenvalue weighted by atomic mass is 9.99. The van der Waals surface area contributed by atoms with E-state index in [0.717, 1.165) is 16.2 Å². The van der Waals surface area contributed by atoms with E-state index in [0.29, 0.717) is 28.0 Å². The monoisotopic (exact) mass is 558 g/mol. The molecular formula is C33H22N2O5S. The van der Waals surface area contributed by atoms with Gasteiger partial charge in [-0.05, 0) is 76.2 Å². The maximum atomic E-state index is 13.7. The number of ether oxygens (including phenoxy) is 2. The van der Waals surface area contributed by atoms with Crippen LogP contribution in [0.15, 0.2) is 109 Å². The summed E-state index contributed by atoms with van der Waals surface area (Å²) in [5, 5.41) is 5.77. The van der Waals surface area contributed by atoms with Crippen LogP contribution in [0.1, 0.15) is 15.9 Å². The molecule has 1 fully saturated rings. The second-order valence-corrected chi connectivity index (χ2v) is 9.66. The average Bonchev–Trinajstić information content (AvgIpc) is 2.99. The number of amides is 2. The van der Waals surface area contributed by atoms with Gasteiger partial charge < -0.3 is 9.47 Å². The standard InChI is InChI=1S/C33H22N2O5S/c1-39-23-16-14-22(15-17-23)35-31(37)28(30(36)34-33(35)41)19-27-25-11-5-3-8-21(25)13-18-29(27)40-32(38)26-12-6-9-20-7-2-4-10-24(20)26/h2-19H,1H3,(H,34,36,41)/b28-19-. The highest BCUT2D eigenvalue weighted by atomic mass is 32.1. The molecule has 0 aromatic heterocycles. The summed E-state index contributed by atoms with van der Waals surface area (Å²) in [4.78, 5) is 41.5. The summed E-state index contributed by atoms with van der Waals surface area (Å²) < 4.78 is 11.1. The van der Waals surface area contributed by atoms with Crippen molar-refractivity contribution in [1.29, 1.82) is 0 Å². The fourth-order valence-corrected chi connectivity index (χ4v) is 5.12. The molecule has 0 radical (unpaired) electrons. The zero-order valence-electron chi connectivity index (χ0n) is 21.8. The average molecular weight is 559 g/mol. The van der Waals surface area contributed by atoms with Gasteiger partial charge in [-0.3, -0.25) is 19.8 Å². The maximum Gasteiger partial charge on any atom is 0.344 e. The largest absolute Gasteiger partial charge is 0.497 e. The van der Waals surface area contributed by atoms with Crippen LogP contribution < -0.4 is 19.7 Å². The number of benzene rings is 5. The molecule has 0 unspecified atom stereocenters. The van der Waals surface area contributed by atoms with Gasteiger partial charge >= 0.3 is 5.97 Å². The topological polar surface area (TPSA) is 84.9 Å². The summed E-state index contributed by atoms with van der Waals surface area (Å²) in [6.07, 6.45) is 1.45. The molecule has 8 heteroatoms. The summed E-state index contributed by atoms with van der Waals surface area (Å²) in [5.74, 6) is -0.999. The molecule has 0 bridgehead atoms. The lowest BCUT2D eigenvalue weighted by Gasteiger charge is -2.29. The number of thiocarbonyl (C=S) groups is 1. The Bertz CT molecular complexity index is 1910. The number of rotatable bonds is 5. The molecule has 1 aliphatic rings. The third-order valence-corrected chi connectivity index (χ3v) is 7.15. The lowest BCUT2D eigenvalue weighted by Crippen LogP contribution is -2.54. The molecule has 7 nitrogen and oxygen atoms in total. The van der Waals surface area contributed by atoms with Crippen molar-refractivity contribution in [1.82, 2.24) is 5.32 Å². The molecule has 1 saturated heterocycles. The van der Waals surface area contributed by atoms with Crippen molar-refractivity contribution in [2.24, 2.45) is 0 Å². The molecule has 200 valence electrons. The first-order chi connectivity index (χ1) is 19.9. The van der Waals surface area contributed by atoms with E-state index in [2.05, 4.69) is 5.32 Å². The van der Waals surface area contributed by atoms with Gasteiger partial charge in [-0.1, -0.05) is 66.7 Å². The summed E-state index contributed by atoms with van der Waals surface area (Å²) >= 11 is 5.34. The quantitative estimate of drug-likeness (QED) is 0.0929. The smallest absolute Gasteiger partial charge is 0.344 e. The predicted molar refractivity (Wildman–Crippen MR) is 162 cm³/mol. The predicted octanol–water partition coefficient (Wildman–Crippen LogP) is 6.05. The second-order valence-electron chi connectivity index (χ2n) is 9.27. The molecule has 5 aromatic rings. The number of fused-ring (bicyclic) bond motifs is 2. The van der Waals surface area contributed by atoms with Crippen LogP contribution in [-0.2, 0) is 9.59 Å². The van der Waals surface area contributed by atoms with E-state index in [1.54, 1.807) is 49.6 Å². The van der Waals surface area contributed by atoms with Crippen LogP contribution in [0.4, 0.5) is 5.69 Å². The molecule has 2 amide bonds. The van der Waals surface area contributed by atoms with Gasteiger partial charge in [-0.15, -0.1) is 0 Å². The second kappa shape index (κ2) is 10.7. The van der Waals surface area contributed by atoms with Crippen molar-refractivity contribution in [2.45, 2.75) is 0 Å². The van der Waals surface area contributed by atoms with Gasteiger partial charge in [-0.2, -0.15) is 0 Å². The zero-order valence-corrected chi connectivity index (χ0v) is 22.6. The van der Waals surface area contributed by atoms with Crippen molar-refractivity contribution in [3.05, 3.63) is 120 Å². The third kappa shape index (κ3) is 4.81. The molecule has 0 aliphatic carbocycles. The highest BCUT2D eigenvalue weighted by Gasteiger charge is 2.35. The SMILES string of the molecule is COc1ccc(N2C(=O)/C(=C\c3c(OC(=O)c4cccc5ccccc45)ccc4ccccc34)C(=O)NC2=S)cc1. The Morgan fingerprint density at radius 2 is 1.46 bits per heavy atom. The Balaban J connectivity index is 1.44. The number of hydrogen-bond acceptors (Lipinski definition) is 6. The number of carbonyl (C=O) groups excluding carboxylic acids is 3. The van der Waals surface area contributed by atoms with Crippen molar-refractivity contribution in [3.63, 3.8) is 0 Å². The number of hydrogen-bond donors (Lipinski definition) is 1. The van der Waals surface area contributed by atoms with Gasteiger partial charge in [0.05, 0.1) is 18.4 Å². The van der Waals surface area contributed by atoms with Gasteiger partial charge in [0.1, 0.15) is 17.1 Å². The fourth-order valence-electron chi connectivity index (χ4n) is 4.84. The van der Waals surface area contributed by atoms with Crippen LogP contribution in [0.5, 0.6) is 11.5 Å². The third-order valence-electron chi connectivity index (χ3n) is 6.86. The highest BCUT2D eigenvalue weighted by Crippen LogP contribution is 2.33. The number of nitrogens with one attached hydrogen (secondary N) is 1. The number of methoxy groups -OCH3 is 1. The number of esters is 1. The van der Waals surface area contributed by atoms with E-state index in [9.17, 15) is 14.4 Å². The minimum absolute atomic E-state index is 0.0390. The molecule has 0 saturated carbocycles. The van der Waals surface area contributed by atoms with Crippen LogP contribution >= 0.6 is 12.2 Å². The lowest BCUT2D eigenvalue weighted by molar-refractivity contribution is -0.122. The van der Waals surface area contributed by atoms with Crippen LogP contribution in [0.25, 0.3) is 27.6 Å². The maximum absolute atomic E-state index is 13.7. The van der Waals surface area contributed by atoms with E-state index in [-0.39, 0.29) is 16.4 Å². The summed E-state index contributed by atoms with van der Waals surface area (Å²) in [6.45, 7) is 0. The molecule has 0 spiro atoms. The Labute approximate surface area is 240 Å². The minimum atomic E-state index is -0.649. The molecule has 1 N–H and O–H groups in total. The number of anilines is 1. The molecular weight excluding hydrogens is 536 g/mol. The van der Waals surface area contributed by atoms with Crippen molar-refractivity contribution in [2.75, 3.05) is 12.0 Å². The Morgan fingerprint density at radius 1 is 0.805 bits per heavy atom. The van der Waals surface area contributed by atoms with Gasteiger partial charge in [0.25, 0.3) is 11.8 Å². The molecule has 1 heterocycles. The van der Waals surface area contributed by atoms with Gasteiger partial charge in [0.2, 0.25) is 0 Å². The van der Waals surface area contributed by atoms with E-state index in [1.165, 1.54) is 11.0 Å². The van der Waals surface area contributed by atoms with Crippen LogP contribution in [-0.4, -0.2) is 30.0 Å². The van der Waals surface area contributed by atoms with Crippen LogP contribution in [0.2, 0.25) is 0 Å². The van der Waals surface area contributed by atoms with Gasteiger partial charge in [0.15, 0.2) is 5.11 Å². The molecule has 5 aromatic carbocycles. The first-order valence-corrected chi connectivity index (χ1v) is 13.1. The first-order valence-electron chi connectivity index (χ1n) is 12.7. The summed E-state index contributed by atoms with van der Waals surface area (Å²) in [6, 6.07) is 30.6. The van der Waals surface area contributed by atoms with Crippen LogP contribution in [0.3, 0.4) is 0 Å². The van der Waals surface area contributed by atoms with E-state index >= 15 is 0 Å². The summed E-state index contributed by atoms with van der Waals surface area (Å²) in [5.41, 5.74) is 1.12. The van der Waals surface area contributed by atoms with Crippen molar-refractivity contribution >= 4 is 68.4 Å². The van der Waals surface area contributed by atoms with Crippen molar-refractivity contribution in [3.8, 4) is 11.5 Å². The first kappa shape index (κ1) is 25.9. The number of carbonyl (C=O) groups is 3. The molecule has 41 heavy (non-hydrogen) atoms. The molecule has 1 aliphatic heterocycles. The fraction of sp³-hybridized carbons (Fsp3) is 0.0303.